The van der Waals surface area contributed by atoms with Gasteiger partial charge in [0.05, 0.1) is 10.8 Å². The Hall–Kier alpha value is -2.02. The van der Waals surface area contributed by atoms with Crippen LogP contribution in [0.1, 0.15) is 6.42 Å². The summed E-state index contributed by atoms with van der Waals surface area (Å²) in [7, 11) is 0. The maximum absolute atomic E-state index is 13.7. The molecule has 96 valence electrons. The lowest BCUT2D eigenvalue weighted by atomic mass is 10.1. The van der Waals surface area contributed by atoms with Crippen LogP contribution in [0.2, 0.25) is 0 Å². The van der Waals surface area contributed by atoms with Gasteiger partial charge in [-0.25, -0.2) is 13.9 Å². The molecular formula is C11H12F2N4O. The van der Waals surface area contributed by atoms with Crippen LogP contribution in [0.25, 0.3) is 10.8 Å². The SMILES string of the molecule is NCCCNc1n[nH]c(=O)c2c(F)ccc(F)c12. The monoisotopic (exact) mass is 254 g/mol. The van der Waals surface area contributed by atoms with Crippen LogP contribution in [0.5, 0.6) is 0 Å². The van der Waals surface area contributed by atoms with Gasteiger partial charge < -0.3 is 11.1 Å². The number of H-pyrrole nitrogens is 1. The minimum absolute atomic E-state index is 0.107. The van der Waals surface area contributed by atoms with Crippen molar-refractivity contribution in [3.63, 3.8) is 0 Å². The minimum atomic E-state index is -0.781. The minimum Gasteiger partial charge on any atom is -0.368 e. The summed E-state index contributed by atoms with van der Waals surface area (Å²) >= 11 is 0. The average molecular weight is 254 g/mol. The Morgan fingerprint density at radius 3 is 2.61 bits per heavy atom. The molecule has 0 aliphatic rings. The van der Waals surface area contributed by atoms with E-state index in [1.165, 1.54) is 0 Å². The fourth-order valence-electron chi connectivity index (χ4n) is 1.66. The van der Waals surface area contributed by atoms with Crippen molar-refractivity contribution in [3.05, 3.63) is 34.1 Å². The zero-order chi connectivity index (χ0) is 13.1. The molecule has 0 fully saturated rings. The van der Waals surface area contributed by atoms with Gasteiger partial charge in [0.2, 0.25) is 0 Å². The number of anilines is 1. The highest BCUT2D eigenvalue weighted by Gasteiger charge is 2.14. The first kappa shape index (κ1) is 12.4. The van der Waals surface area contributed by atoms with E-state index in [1.54, 1.807) is 0 Å². The van der Waals surface area contributed by atoms with Crippen molar-refractivity contribution < 1.29 is 8.78 Å². The Balaban J connectivity index is 2.58. The van der Waals surface area contributed by atoms with Crippen molar-refractivity contribution in [1.82, 2.24) is 10.2 Å². The van der Waals surface area contributed by atoms with E-state index in [9.17, 15) is 13.6 Å². The van der Waals surface area contributed by atoms with E-state index in [0.29, 0.717) is 19.5 Å². The summed E-state index contributed by atoms with van der Waals surface area (Å²) in [6.45, 7) is 0.922. The van der Waals surface area contributed by atoms with E-state index < -0.39 is 17.2 Å². The van der Waals surface area contributed by atoms with Crippen molar-refractivity contribution in [3.8, 4) is 0 Å². The summed E-state index contributed by atoms with van der Waals surface area (Å²) in [5.41, 5.74) is 4.57. The van der Waals surface area contributed by atoms with E-state index in [1.807, 2.05) is 0 Å². The second kappa shape index (κ2) is 5.09. The van der Waals surface area contributed by atoms with Gasteiger partial charge >= 0.3 is 0 Å². The second-order valence-corrected chi connectivity index (χ2v) is 3.75. The van der Waals surface area contributed by atoms with Crippen LogP contribution in [0.4, 0.5) is 14.6 Å². The molecule has 0 bridgehead atoms. The number of hydrogen-bond donors (Lipinski definition) is 3. The molecule has 0 amide bonds. The quantitative estimate of drug-likeness (QED) is 0.710. The lowest BCUT2D eigenvalue weighted by molar-refractivity contribution is 0.615. The molecule has 1 aromatic heterocycles. The molecule has 0 atom stereocenters. The van der Waals surface area contributed by atoms with Crippen LogP contribution < -0.4 is 16.6 Å². The number of hydrogen-bond acceptors (Lipinski definition) is 4. The van der Waals surface area contributed by atoms with Crippen molar-refractivity contribution in [1.29, 1.82) is 0 Å². The van der Waals surface area contributed by atoms with Crippen LogP contribution in [-0.2, 0) is 0 Å². The number of benzene rings is 1. The Labute approximate surface area is 101 Å². The molecule has 0 radical (unpaired) electrons. The standard InChI is InChI=1S/C11H12F2N4O/c12-6-2-3-7(13)9-8(6)10(15-5-1-4-14)16-17-11(9)18/h2-3H,1,4-5,14H2,(H,15,16)(H,17,18). The molecule has 1 aromatic carbocycles. The Kier molecular flexibility index (Phi) is 3.52. The number of halogens is 2. The number of aromatic nitrogens is 2. The van der Waals surface area contributed by atoms with Crippen LogP contribution in [0.3, 0.4) is 0 Å². The molecular weight excluding hydrogens is 242 g/mol. The summed E-state index contributed by atoms with van der Waals surface area (Å²) in [5.74, 6) is -1.37. The summed E-state index contributed by atoms with van der Waals surface area (Å²) in [6.07, 6.45) is 0.652. The van der Waals surface area contributed by atoms with Crippen LogP contribution in [0, 0.1) is 11.6 Å². The predicted molar refractivity (Wildman–Crippen MR) is 64.4 cm³/mol. The molecule has 0 aliphatic carbocycles. The number of aromatic amines is 1. The largest absolute Gasteiger partial charge is 0.368 e. The summed E-state index contributed by atoms with van der Waals surface area (Å²) in [6, 6.07) is 1.88. The van der Waals surface area contributed by atoms with E-state index in [4.69, 9.17) is 5.73 Å². The van der Waals surface area contributed by atoms with Gasteiger partial charge in [-0.1, -0.05) is 0 Å². The number of nitrogens with one attached hydrogen (secondary N) is 2. The maximum Gasteiger partial charge on any atom is 0.275 e. The van der Waals surface area contributed by atoms with E-state index in [0.717, 1.165) is 12.1 Å². The summed E-state index contributed by atoms with van der Waals surface area (Å²) in [4.78, 5) is 11.5. The first-order valence-corrected chi connectivity index (χ1v) is 5.45. The van der Waals surface area contributed by atoms with Crippen LogP contribution >= 0.6 is 0 Å². The van der Waals surface area contributed by atoms with Gasteiger partial charge in [0.1, 0.15) is 11.6 Å². The molecule has 5 nitrogen and oxygen atoms in total. The average Bonchev–Trinajstić information content (AvgIpc) is 2.36. The van der Waals surface area contributed by atoms with Crippen molar-refractivity contribution in [2.24, 2.45) is 5.73 Å². The van der Waals surface area contributed by atoms with Crippen LogP contribution in [-0.4, -0.2) is 23.3 Å². The van der Waals surface area contributed by atoms with Crippen molar-refractivity contribution >= 4 is 16.6 Å². The molecule has 18 heavy (non-hydrogen) atoms. The predicted octanol–water partition coefficient (Wildman–Crippen LogP) is 0.962. The third-order valence-electron chi connectivity index (χ3n) is 2.51. The third kappa shape index (κ3) is 2.17. The molecule has 7 heteroatoms. The summed E-state index contributed by atoms with van der Waals surface area (Å²) < 4.78 is 27.2. The normalized spacial score (nSPS) is 10.8. The van der Waals surface area contributed by atoms with Gasteiger partial charge in [0, 0.05) is 6.54 Å². The second-order valence-electron chi connectivity index (χ2n) is 3.75. The number of nitrogens with two attached hydrogens (primary N) is 1. The smallest absolute Gasteiger partial charge is 0.275 e. The molecule has 4 N–H and O–H groups in total. The Morgan fingerprint density at radius 2 is 1.94 bits per heavy atom. The molecule has 2 rings (SSSR count). The highest BCUT2D eigenvalue weighted by atomic mass is 19.1. The fraction of sp³-hybridized carbons (Fsp3) is 0.273. The molecule has 2 aromatic rings. The highest BCUT2D eigenvalue weighted by molar-refractivity contribution is 5.91. The zero-order valence-corrected chi connectivity index (χ0v) is 9.46. The van der Waals surface area contributed by atoms with Crippen LogP contribution in [0.15, 0.2) is 16.9 Å². The summed E-state index contributed by atoms with van der Waals surface area (Å²) in [5, 5.41) is 8.16. The molecule has 0 saturated carbocycles. The topological polar surface area (TPSA) is 83.8 Å². The number of fused-ring (bicyclic) bond motifs is 1. The van der Waals surface area contributed by atoms with E-state index in [-0.39, 0.29) is 16.6 Å². The van der Waals surface area contributed by atoms with Crippen molar-refractivity contribution in [2.45, 2.75) is 6.42 Å². The van der Waals surface area contributed by atoms with E-state index in [2.05, 4.69) is 15.5 Å². The number of rotatable bonds is 4. The maximum atomic E-state index is 13.7. The lowest BCUT2D eigenvalue weighted by Gasteiger charge is -2.08. The van der Waals surface area contributed by atoms with Gasteiger partial charge in [-0.3, -0.25) is 4.79 Å². The van der Waals surface area contributed by atoms with Gasteiger partial charge in [-0.15, -0.1) is 0 Å². The highest BCUT2D eigenvalue weighted by Crippen LogP contribution is 2.23. The zero-order valence-electron chi connectivity index (χ0n) is 9.46. The van der Waals surface area contributed by atoms with E-state index >= 15 is 0 Å². The molecule has 0 unspecified atom stereocenters. The van der Waals surface area contributed by atoms with Gasteiger partial charge in [0.15, 0.2) is 5.82 Å². The van der Waals surface area contributed by atoms with Gasteiger partial charge in [-0.2, -0.15) is 5.10 Å². The Morgan fingerprint density at radius 1 is 1.28 bits per heavy atom. The molecule has 1 heterocycles. The van der Waals surface area contributed by atoms with Crippen molar-refractivity contribution in [2.75, 3.05) is 18.4 Å². The fourth-order valence-corrected chi connectivity index (χ4v) is 1.66. The molecule has 0 aliphatic heterocycles. The Bertz CT molecular complexity index is 626. The first-order chi connectivity index (χ1) is 8.65. The molecule has 0 spiro atoms. The van der Waals surface area contributed by atoms with Gasteiger partial charge in [-0.05, 0) is 25.1 Å². The number of nitrogens with zero attached hydrogens (tertiary/aromatic N) is 1. The lowest BCUT2D eigenvalue weighted by Crippen LogP contribution is -2.16. The third-order valence-corrected chi connectivity index (χ3v) is 2.51. The molecule has 0 saturated heterocycles. The van der Waals surface area contributed by atoms with Gasteiger partial charge in [0.25, 0.3) is 5.56 Å². The first-order valence-electron chi connectivity index (χ1n) is 5.45.